The van der Waals surface area contributed by atoms with Gasteiger partial charge in [-0.15, -0.1) is 0 Å². The molecule has 2 fully saturated rings. The van der Waals surface area contributed by atoms with Gasteiger partial charge in [0.15, 0.2) is 16.6 Å². The summed E-state index contributed by atoms with van der Waals surface area (Å²) in [4.78, 5) is 27.0. The minimum absolute atomic E-state index is 0.135. The lowest BCUT2D eigenvalue weighted by Gasteiger charge is -2.46. The van der Waals surface area contributed by atoms with E-state index in [1.807, 2.05) is 0 Å². The van der Waals surface area contributed by atoms with Crippen LogP contribution in [-0.4, -0.2) is 74.0 Å². The summed E-state index contributed by atoms with van der Waals surface area (Å²) < 4.78 is 13.1. The summed E-state index contributed by atoms with van der Waals surface area (Å²) in [5.41, 5.74) is 0. The molecule has 1 saturated carbocycles. The summed E-state index contributed by atoms with van der Waals surface area (Å²) >= 11 is 0. The number of nitrogens with zero attached hydrogens (tertiary/aromatic N) is 1. The summed E-state index contributed by atoms with van der Waals surface area (Å²) in [7, 11) is -4.73. The Labute approximate surface area is 189 Å². The Morgan fingerprint density at radius 3 is 1.68 bits per heavy atom. The molecule has 1 heterocycles. The molecular formula is C22H43NO6Si2. The first-order valence-corrected chi connectivity index (χ1v) is 17.1. The van der Waals surface area contributed by atoms with Crippen molar-refractivity contribution in [2.24, 2.45) is 5.92 Å². The van der Waals surface area contributed by atoms with Crippen LogP contribution in [0.1, 0.15) is 54.9 Å². The van der Waals surface area contributed by atoms with Gasteiger partial charge in [0.1, 0.15) is 12.2 Å². The third-order valence-corrected chi connectivity index (χ3v) is 16.9. The monoisotopic (exact) mass is 473 g/mol. The average Bonchev–Trinajstić information content (AvgIpc) is 2.87. The van der Waals surface area contributed by atoms with Gasteiger partial charge in [-0.05, 0) is 42.7 Å². The number of rotatable bonds is 4. The number of carbonyl (C=O) groups is 2. The minimum atomic E-state index is -2.36. The van der Waals surface area contributed by atoms with Gasteiger partial charge in [-0.2, -0.15) is 0 Å². The van der Waals surface area contributed by atoms with E-state index in [4.69, 9.17) is 8.85 Å². The molecule has 2 bridgehead atoms. The van der Waals surface area contributed by atoms with Crippen LogP contribution in [0.2, 0.25) is 36.3 Å². The molecule has 0 aromatic heterocycles. The molecule has 0 spiro atoms. The number of hydrogen-bond acceptors (Lipinski definition) is 6. The molecule has 1 aliphatic heterocycles. The Balaban J connectivity index is 2.52. The summed E-state index contributed by atoms with van der Waals surface area (Å²) in [5, 5.41) is 22.2. The third kappa shape index (κ3) is 4.86. The van der Waals surface area contributed by atoms with E-state index in [2.05, 4.69) is 67.7 Å². The van der Waals surface area contributed by atoms with Gasteiger partial charge in [0, 0.05) is 6.92 Å². The molecule has 180 valence electrons. The van der Waals surface area contributed by atoms with E-state index < -0.39 is 53.0 Å². The van der Waals surface area contributed by atoms with Crippen LogP contribution in [0.4, 0.5) is 0 Å². The lowest BCUT2D eigenvalue weighted by Crippen LogP contribution is -2.61. The highest BCUT2D eigenvalue weighted by Gasteiger charge is 2.59. The molecule has 1 aliphatic carbocycles. The van der Waals surface area contributed by atoms with Crippen molar-refractivity contribution in [3.63, 3.8) is 0 Å². The fourth-order valence-corrected chi connectivity index (χ4v) is 6.61. The highest BCUT2D eigenvalue weighted by molar-refractivity contribution is 6.74. The van der Waals surface area contributed by atoms with Crippen molar-refractivity contribution in [2.45, 2.75) is 122 Å². The number of imide groups is 1. The fraction of sp³-hybridized carbons (Fsp3) is 0.909. The predicted octanol–water partition coefficient (Wildman–Crippen LogP) is 3.27. The van der Waals surface area contributed by atoms with Gasteiger partial charge >= 0.3 is 0 Å². The van der Waals surface area contributed by atoms with Crippen LogP contribution in [0, 0.1) is 5.92 Å². The Kier molecular flexibility index (Phi) is 7.16. The third-order valence-electron chi connectivity index (χ3n) is 7.99. The van der Waals surface area contributed by atoms with Crippen molar-refractivity contribution < 1.29 is 28.7 Å². The van der Waals surface area contributed by atoms with Crippen LogP contribution < -0.4 is 0 Å². The zero-order chi connectivity index (χ0) is 24.3. The van der Waals surface area contributed by atoms with E-state index in [1.54, 1.807) is 0 Å². The van der Waals surface area contributed by atoms with E-state index in [0.29, 0.717) is 6.42 Å². The number of aliphatic hydroxyl groups is 2. The average molecular weight is 474 g/mol. The molecule has 7 nitrogen and oxygen atoms in total. The Hall–Kier alpha value is -0.586. The van der Waals surface area contributed by atoms with Crippen LogP contribution in [0.25, 0.3) is 0 Å². The van der Waals surface area contributed by atoms with Gasteiger partial charge in [-0.3, -0.25) is 14.5 Å². The lowest BCUT2D eigenvalue weighted by atomic mass is 9.95. The van der Waals surface area contributed by atoms with Crippen molar-refractivity contribution >= 4 is 28.4 Å². The van der Waals surface area contributed by atoms with E-state index >= 15 is 0 Å². The SMILES string of the molecule is CC(=O)N1C(=O)[C@H]2C[C@@H]1[C@H](O[Si](C)(C)C(C)(C)C)[C@H](O)[C@@H](O)[C@@H]2O[Si](C)(C)C(C)(C)C. The smallest absolute Gasteiger partial charge is 0.235 e. The second kappa shape index (κ2) is 8.32. The molecular weight excluding hydrogens is 430 g/mol. The Morgan fingerprint density at radius 2 is 1.29 bits per heavy atom. The molecule has 1 saturated heterocycles. The van der Waals surface area contributed by atoms with Crippen LogP contribution in [0.15, 0.2) is 0 Å². The first-order valence-electron chi connectivity index (χ1n) is 11.3. The largest absolute Gasteiger partial charge is 0.410 e. The number of aliphatic hydroxyl groups excluding tert-OH is 2. The Bertz CT molecular complexity index is 712. The normalized spacial score (nSPS) is 32.9. The van der Waals surface area contributed by atoms with Gasteiger partial charge in [0.05, 0.1) is 24.2 Å². The summed E-state index contributed by atoms with van der Waals surface area (Å²) in [6.45, 7) is 22.1. The van der Waals surface area contributed by atoms with Gasteiger partial charge in [-0.1, -0.05) is 41.5 Å². The summed E-state index contributed by atoms with van der Waals surface area (Å²) in [6, 6.07) is -0.609. The fourth-order valence-electron chi connectivity index (χ4n) is 3.94. The Morgan fingerprint density at radius 1 is 0.903 bits per heavy atom. The van der Waals surface area contributed by atoms with Gasteiger partial charge in [-0.25, -0.2) is 0 Å². The molecule has 31 heavy (non-hydrogen) atoms. The quantitative estimate of drug-likeness (QED) is 0.608. The van der Waals surface area contributed by atoms with Crippen LogP contribution in [-0.2, 0) is 18.4 Å². The molecule has 2 aliphatic rings. The topological polar surface area (TPSA) is 96.3 Å². The maximum atomic E-state index is 13.3. The minimum Gasteiger partial charge on any atom is -0.410 e. The predicted molar refractivity (Wildman–Crippen MR) is 126 cm³/mol. The molecule has 0 unspecified atom stereocenters. The number of amides is 2. The molecule has 0 aromatic rings. The van der Waals surface area contributed by atoms with Crippen molar-refractivity contribution in [2.75, 3.05) is 0 Å². The zero-order valence-electron chi connectivity index (χ0n) is 21.1. The van der Waals surface area contributed by atoms with Gasteiger partial charge in [0.25, 0.3) is 0 Å². The first kappa shape index (κ1) is 26.7. The number of likely N-dealkylation sites (tertiary alicyclic amines) is 1. The maximum absolute atomic E-state index is 13.3. The highest BCUT2D eigenvalue weighted by atomic mass is 28.4. The van der Waals surface area contributed by atoms with Crippen LogP contribution in [0.5, 0.6) is 0 Å². The number of hydrogen-bond donors (Lipinski definition) is 2. The van der Waals surface area contributed by atoms with Crippen LogP contribution in [0.3, 0.4) is 0 Å². The van der Waals surface area contributed by atoms with E-state index in [9.17, 15) is 19.8 Å². The number of fused-ring (bicyclic) bond motifs is 2. The van der Waals surface area contributed by atoms with Crippen molar-refractivity contribution in [3.05, 3.63) is 0 Å². The first-order chi connectivity index (χ1) is 13.7. The zero-order valence-corrected chi connectivity index (χ0v) is 23.1. The highest BCUT2D eigenvalue weighted by Crippen LogP contribution is 2.46. The maximum Gasteiger partial charge on any atom is 0.235 e. The second-order valence-electron chi connectivity index (χ2n) is 12.3. The van der Waals surface area contributed by atoms with Crippen molar-refractivity contribution in [1.29, 1.82) is 0 Å². The van der Waals surface area contributed by atoms with Gasteiger partial charge in [0.2, 0.25) is 11.8 Å². The molecule has 0 radical (unpaired) electrons. The van der Waals surface area contributed by atoms with Gasteiger partial charge < -0.3 is 19.1 Å². The summed E-state index contributed by atoms with van der Waals surface area (Å²) in [5.74, 6) is -1.38. The molecule has 2 N–H and O–H groups in total. The second-order valence-corrected chi connectivity index (χ2v) is 21.8. The van der Waals surface area contributed by atoms with Crippen molar-refractivity contribution in [1.82, 2.24) is 4.90 Å². The molecule has 9 heteroatoms. The molecule has 2 rings (SSSR count). The van der Waals surface area contributed by atoms with E-state index in [-0.39, 0.29) is 21.9 Å². The van der Waals surface area contributed by atoms with Crippen molar-refractivity contribution in [3.8, 4) is 0 Å². The van der Waals surface area contributed by atoms with E-state index in [1.165, 1.54) is 11.8 Å². The molecule has 2 amide bonds. The lowest BCUT2D eigenvalue weighted by molar-refractivity contribution is -0.159. The van der Waals surface area contributed by atoms with Crippen LogP contribution >= 0.6 is 0 Å². The molecule has 0 aromatic carbocycles. The molecule has 6 atom stereocenters. The van der Waals surface area contributed by atoms with E-state index in [0.717, 1.165) is 0 Å². The number of carbonyl (C=O) groups excluding carboxylic acids is 2. The standard InChI is InChI=1S/C22H43NO6Si2/c1-13(24)23-15-12-14(20(23)27)18(28-30(8,9)21(2,3)4)16(25)17(26)19(15)29-31(10,11)22(5,6)7/h14-19,25-26H,12H2,1-11H3/t14-,15+,16+,17+,18+,19-/m0/s1. The summed E-state index contributed by atoms with van der Waals surface area (Å²) in [6.07, 6.45) is -3.92.